The number of phenols is 1. The number of hydrogen-bond acceptors (Lipinski definition) is 10. The van der Waals surface area contributed by atoms with Crippen molar-refractivity contribution >= 4 is 0 Å². The maximum Gasteiger partial charge on any atom is 0.293 e. The molecule has 0 aliphatic carbocycles. The van der Waals surface area contributed by atoms with Crippen LogP contribution in [0.2, 0.25) is 0 Å². The van der Waals surface area contributed by atoms with Gasteiger partial charge in [0.1, 0.15) is 36.3 Å². The highest BCUT2D eigenvalue weighted by atomic mass is 16.7. The number of benzene rings is 1. The Morgan fingerprint density at radius 2 is 1.81 bits per heavy atom. The molecular formula is C22H26O10. The summed E-state index contributed by atoms with van der Waals surface area (Å²) in [6.45, 7) is 5.02. The maximum atomic E-state index is 12.8. The molecule has 2 aliphatic heterocycles. The molecule has 2 aliphatic rings. The largest absolute Gasteiger partial charge is 0.504 e. The summed E-state index contributed by atoms with van der Waals surface area (Å²) in [5, 5.41) is 49.5. The second-order valence-corrected chi connectivity index (χ2v) is 8.62. The number of aliphatic hydroxyl groups is 4. The first-order valence-electron chi connectivity index (χ1n) is 10.2. The molecule has 0 spiro atoms. The van der Waals surface area contributed by atoms with E-state index in [2.05, 4.69) is 0 Å². The van der Waals surface area contributed by atoms with Gasteiger partial charge >= 0.3 is 0 Å². The molecule has 1 saturated heterocycles. The minimum atomic E-state index is -1.65. The summed E-state index contributed by atoms with van der Waals surface area (Å²) in [7, 11) is 0. The second-order valence-electron chi connectivity index (χ2n) is 8.62. The zero-order valence-corrected chi connectivity index (χ0v) is 17.8. The van der Waals surface area contributed by atoms with Crippen molar-refractivity contribution in [1.82, 2.24) is 0 Å². The molecule has 10 heteroatoms. The van der Waals surface area contributed by atoms with Crippen LogP contribution in [0.5, 0.6) is 17.4 Å². The van der Waals surface area contributed by atoms with Crippen molar-refractivity contribution in [3.05, 3.63) is 40.1 Å². The van der Waals surface area contributed by atoms with Crippen LogP contribution >= 0.6 is 0 Å². The predicted molar refractivity (Wildman–Crippen MR) is 110 cm³/mol. The van der Waals surface area contributed by atoms with Gasteiger partial charge in [0, 0.05) is 17.0 Å². The lowest BCUT2D eigenvalue weighted by Gasteiger charge is -2.39. The van der Waals surface area contributed by atoms with Gasteiger partial charge in [0.2, 0.25) is 6.29 Å². The summed E-state index contributed by atoms with van der Waals surface area (Å²) in [6.07, 6.45) is -7.72. The Morgan fingerprint density at radius 3 is 2.50 bits per heavy atom. The van der Waals surface area contributed by atoms with E-state index in [1.807, 2.05) is 20.8 Å². The summed E-state index contributed by atoms with van der Waals surface area (Å²) in [6, 6.07) is 5.50. The Labute approximate surface area is 183 Å². The lowest BCUT2D eigenvalue weighted by atomic mass is 9.82. The minimum absolute atomic E-state index is 0.134. The number of ether oxygens (including phenoxy) is 3. The average molecular weight is 450 g/mol. The first kappa shape index (κ1) is 22.6. The smallest absolute Gasteiger partial charge is 0.293 e. The van der Waals surface area contributed by atoms with Crippen LogP contribution in [-0.2, 0) is 10.2 Å². The van der Waals surface area contributed by atoms with Gasteiger partial charge in [-0.25, -0.2) is 0 Å². The number of hydrogen-bond donors (Lipinski definition) is 5. The summed E-state index contributed by atoms with van der Waals surface area (Å²) in [5.41, 5.74) is 0.0643. The molecule has 2 aromatic rings. The molecule has 1 aromatic carbocycles. The first-order valence-corrected chi connectivity index (χ1v) is 10.2. The van der Waals surface area contributed by atoms with Crippen LogP contribution in [0.4, 0.5) is 0 Å². The van der Waals surface area contributed by atoms with Crippen molar-refractivity contribution in [3.8, 4) is 28.8 Å². The molecule has 0 amide bonds. The van der Waals surface area contributed by atoms with Crippen LogP contribution in [0.15, 0.2) is 33.5 Å². The van der Waals surface area contributed by atoms with E-state index in [1.165, 1.54) is 24.3 Å². The number of fused-ring (bicyclic) bond motifs is 1. The van der Waals surface area contributed by atoms with E-state index in [4.69, 9.17) is 18.6 Å². The van der Waals surface area contributed by atoms with Gasteiger partial charge in [-0.3, -0.25) is 4.79 Å². The lowest BCUT2D eigenvalue weighted by molar-refractivity contribution is -0.277. The molecule has 0 radical (unpaired) electrons. The lowest BCUT2D eigenvalue weighted by Crippen LogP contribution is -2.60. The van der Waals surface area contributed by atoms with Gasteiger partial charge in [-0.1, -0.05) is 13.8 Å². The van der Waals surface area contributed by atoms with Gasteiger partial charge < -0.3 is 44.2 Å². The van der Waals surface area contributed by atoms with Crippen LogP contribution in [0.1, 0.15) is 26.3 Å². The van der Waals surface area contributed by atoms with E-state index in [9.17, 15) is 30.3 Å². The predicted octanol–water partition coefficient (Wildman–Crippen LogP) is 0.250. The standard InChI is InChI=1S/C22H26O10/c1-9-22(2,3)16-12(25)7-13(30-20(16)29-9)10-4-5-11(24)14(6-10)31-21-19(28)18(27)17(26)15(8-23)32-21/h4-7,9,15,17-19,21,23-24,26-28H,8H2,1-3H3/t9?,15-,17-,18+,19-,21-/m1/s1. The van der Waals surface area contributed by atoms with Gasteiger partial charge in [0.25, 0.3) is 5.95 Å². The molecule has 3 heterocycles. The fourth-order valence-corrected chi connectivity index (χ4v) is 3.84. The zero-order chi connectivity index (χ0) is 23.4. The topological polar surface area (TPSA) is 159 Å². The maximum absolute atomic E-state index is 12.8. The number of rotatable bonds is 4. The van der Waals surface area contributed by atoms with Crippen molar-refractivity contribution in [3.63, 3.8) is 0 Å². The number of aromatic hydroxyl groups is 1. The molecular weight excluding hydrogens is 424 g/mol. The summed E-state index contributed by atoms with van der Waals surface area (Å²) >= 11 is 0. The van der Waals surface area contributed by atoms with Gasteiger partial charge in [-0.2, -0.15) is 0 Å². The fraction of sp³-hybridized carbons (Fsp3) is 0.500. The molecule has 1 fully saturated rings. The van der Waals surface area contributed by atoms with Crippen LogP contribution in [0, 0.1) is 0 Å². The van der Waals surface area contributed by atoms with Crippen LogP contribution in [0.25, 0.3) is 11.3 Å². The summed E-state index contributed by atoms with van der Waals surface area (Å²) in [5.74, 6) is -0.128. The van der Waals surface area contributed by atoms with Crippen LogP contribution in [0.3, 0.4) is 0 Å². The van der Waals surface area contributed by atoms with E-state index in [-0.39, 0.29) is 34.7 Å². The molecule has 6 atom stereocenters. The number of aliphatic hydroxyl groups excluding tert-OH is 4. The van der Waals surface area contributed by atoms with E-state index in [1.54, 1.807) is 0 Å². The SMILES string of the molecule is CC1Oc2oc(-c3ccc(O)c(O[C@@H]4O[C@H](CO)[C@@H](O)[C@H](O)[C@H]4O)c3)cc(=O)c2C1(C)C. The third-order valence-electron chi connectivity index (χ3n) is 6.20. The van der Waals surface area contributed by atoms with E-state index < -0.39 is 42.7 Å². The third kappa shape index (κ3) is 3.63. The summed E-state index contributed by atoms with van der Waals surface area (Å²) in [4.78, 5) is 12.8. The highest BCUT2D eigenvalue weighted by Gasteiger charge is 2.45. The zero-order valence-electron chi connectivity index (χ0n) is 17.8. The molecule has 0 bridgehead atoms. The minimum Gasteiger partial charge on any atom is -0.504 e. The van der Waals surface area contributed by atoms with Gasteiger partial charge in [-0.15, -0.1) is 0 Å². The first-order chi connectivity index (χ1) is 15.0. The monoisotopic (exact) mass is 450 g/mol. The highest BCUT2D eigenvalue weighted by Crippen LogP contribution is 2.43. The molecule has 1 aromatic heterocycles. The number of phenolic OH excluding ortho intramolecular Hbond substituents is 1. The van der Waals surface area contributed by atoms with Gasteiger partial charge in [-0.05, 0) is 25.1 Å². The van der Waals surface area contributed by atoms with Crippen molar-refractivity contribution in [1.29, 1.82) is 0 Å². The van der Waals surface area contributed by atoms with E-state index in [0.717, 1.165) is 0 Å². The molecule has 4 rings (SSSR count). The molecule has 174 valence electrons. The molecule has 0 saturated carbocycles. The Morgan fingerprint density at radius 1 is 1.09 bits per heavy atom. The van der Waals surface area contributed by atoms with Crippen LogP contribution in [-0.4, -0.2) is 68.9 Å². The van der Waals surface area contributed by atoms with Crippen molar-refractivity contribution in [2.24, 2.45) is 0 Å². The molecule has 1 unspecified atom stereocenters. The van der Waals surface area contributed by atoms with Crippen molar-refractivity contribution in [2.75, 3.05) is 6.61 Å². The van der Waals surface area contributed by atoms with E-state index in [0.29, 0.717) is 11.1 Å². The molecule has 5 N–H and O–H groups in total. The molecule has 10 nitrogen and oxygen atoms in total. The summed E-state index contributed by atoms with van der Waals surface area (Å²) < 4.78 is 22.4. The van der Waals surface area contributed by atoms with Crippen molar-refractivity contribution < 1.29 is 44.2 Å². The Bertz CT molecular complexity index is 1060. The normalized spacial score (nSPS) is 31.1. The Kier molecular flexibility index (Phi) is 5.68. The average Bonchev–Trinajstić information content (AvgIpc) is 2.98. The van der Waals surface area contributed by atoms with E-state index >= 15 is 0 Å². The Hall–Kier alpha value is -2.63. The van der Waals surface area contributed by atoms with Gasteiger partial charge in [0.05, 0.1) is 12.2 Å². The van der Waals surface area contributed by atoms with Crippen molar-refractivity contribution in [2.45, 2.75) is 63.0 Å². The second kappa shape index (κ2) is 8.05. The van der Waals surface area contributed by atoms with Crippen LogP contribution < -0.4 is 14.9 Å². The Balaban J connectivity index is 1.65. The highest BCUT2D eigenvalue weighted by molar-refractivity contribution is 5.63. The quantitative estimate of drug-likeness (QED) is 0.437. The fourth-order valence-electron chi connectivity index (χ4n) is 3.84. The van der Waals surface area contributed by atoms with Gasteiger partial charge in [0.15, 0.2) is 16.9 Å². The third-order valence-corrected chi connectivity index (χ3v) is 6.20. The molecule has 32 heavy (non-hydrogen) atoms.